The fourth-order valence-corrected chi connectivity index (χ4v) is 5.61. The van der Waals surface area contributed by atoms with Gasteiger partial charge in [-0.25, -0.2) is 9.37 Å². The summed E-state index contributed by atoms with van der Waals surface area (Å²) in [7, 11) is -2.61. The Kier molecular flexibility index (Phi) is 6.04. The van der Waals surface area contributed by atoms with Crippen LogP contribution in [0.1, 0.15) is 17.5 Å². The van der Waals surface area contributed by atoms with Crippen LogP contribution in [-0.2, 0) is 15.0 Å². The summed E-state index contributed by atoms with van der Waals surface area (Å²) in [6.45, 7) is 0. The van der Waals surface area contributed by atoms with E-state index in [0.717, 1.165) is 20.9 Å². The Bertz CT molecular complexity index is 1220. The average molecular weight is 482 g/mol. The van der Waals surface area contributed by atoms with Gasteiger partial charge in [-0.3, -0.25) is 9.78 Å². The number of aromatic nitrogens is 2. The van der Waals surface area contributed by atoms with Crippen LogP contribution in [-0.4, -0.2) is 41.7 Å². The Morgan fingerprint density at radius 3 is 2.84 bits per heavy atom. The summed E-state index contributed by atoms with van der Waals surface area (Å²) in [6.07, 6.45) is 3.45. The number of anilines is 1. The monoisotopic (exact) mass is 481 g/mol. The van der Waals surface area contributed by atoms with E-state index in [2.05, 4.69) is 20.0 Å². The third-order valence-electron chi connectivity index (χ3n) is 4.80. The van der Waals surface area contributed by atoms with Crippen LogP contribution in [0.25, 0.3) is 10.6 Å². The van der Waals surface area contributed by atoms with Crippen LogP contribution in [0.15, 0.2) is 48.8 Å². The largest absolute Gasteiger partial charge is 0.325 e. The van der Waals surface area contributed by atoms with Crippen LogP contribution >= 0.6 is 22.9 Å². The van der Waals surface area contributed by atoms with E-state index < -0.39 is 34.0 Å². The number of likely N-dealkylation sites (N-methyl/N-ethyl adjacent to an activating group) is 1. The minimum atomic E-state index is -3.93. The van der Waals surface area contributed by atoms with Gasteiger partial charge in [0.1, 0.15) is 16.9 Å². The van der Waals surface area contributed by atoms with Crippen molar-refractivity contribution in [1.29, 1.82) is 0 Å². The maximum absolute atomic E-state index is 13.4. The molecule has 8 nitrogen and oxygen atoms in total. The van der Waals surface area contributed by atoms with Gasteiger partial charge < -0.3 is 5.32 Å². The molecule has 2 N–H and O–H groups in total. The summed E-state index contributed by atoms with van der Waals surface area (Å²) in [5, 5.41) is 2.98. The first-order valence-corrected chi connectivity index (χ1v) is 11.8. The Labute approximate surface area is 187 Å². The second-order valence-corrected chi connectivity index (χ2v) is 10.1. The summed E-state index contributed by atoms with van der Waals surface area (Å²) in [5.74, 6) is -1.17. The van der Waals surface area contributed by atoms with Crippen molar-refractivity contribution in [3.63, 3.8) is 0 Å². The molecule has 2 atom stereocenters. The first kappa shape index (κ1) is 21.8. The maximum Gasteiger partial charge on any atom is 0.280 e. The van der Waals surface area contributed by atoms with Crippen molar-refractivity contribution in [3.05, 3.63) is 64.6 Å². The Hall–Kier alpha value is -2.44. The van der Waals surface area contributed by atoms with Gasteiger partial charge in [0.2, 0.25) is 5.91 Å². The van der Waals surface area contributed by atoms with Crippen LogP contribution in [0.4, 0.5) is 10.1 Å². The number of nitrogens with zero attached hydrogens (tertiary/aromatic N) is 3. The molecule has 0 spiro atoms. The number of carbonyl (C=O) groups is 1. The van der Waals surface area contributed by atoms with Crippen molar-refractivity contribution < 1.29 is 17.6 Å². The predicted octanol–water partition coefficient (Wildman–Crippen LogP) is 3.22. The zero-order chi connectivity index (χ0) is 22.2. The van der Waals surface area contributed by atoms with Gasteiger partial charge in [-0.1, -0.05) is 17.7 Å². The number of nitrogens with one attached hydrogen (secondary N) is 2. The molecule has 31 heavy (non-hydrogen) atoms. The zero-order valence-electron chi connectivity index (χ0n) is 16.1. The van der Waals surface area contributed by atoms with Gasteiger partial charge in [0, 0.05) is 25.1 Å². The van der Waals surface area contributed by atoms with Crippen LogP contribution < -0.4 is 10.0 Å². The van der Waals surface area contributed by atoms with Crippen LogP contribution in [0.3, 0.4) is 0 Å². The molecule has 0 unspecified atom stereocenters. The van der Waals surface area contributed by atoms with E-state index in [1.54, 1.807) is 18.5 Å². The molecule has 1 aliphatic heterocycles. The molecule has 12 heteroatoms. The highest BCUT2D eigenvalue weighted by atomic mass is 35.5. The molecule has 3 heterocycles. The molecule has 1 amide bonds. The van der Waals surface area contributed by atoms with E-state index in [0.29, 0.717) is 5.01 Å². The van der Waals surface area contributed by atoms with Crippen molar-refractivity contribution >= 4 is 44.7 Å². The Morgan fingerprint density at radius 2 is 2.13 bits per heavy atom. The fourth-order valence-electron chi connectivity index (χ4n) is 3.15. The standard InChI is InChI=1S/C19H17ClFN5O3S2/c1-26-16(18(27)24-11-5-6-13(21)12(20)8-11)9-15(25-31(26,28)29)19-23-10-17(30-19)14-4-2-3-7-22-14/h2-8,10,15-16,25H,9H2,1H3,(H,24,27)/t15-,16+/m0/s1. The van der Waals surface area contributed by atoms with E-state index in [4.69, 9.17) is 11.6 Å². The normalized spacial score (nSPS) is 21.0. The molecule has 3 aromatic rings. The smallest absolute Gasteiger partial charge is 0.280 e. The van der Waals surface area contributed by atoms with Crippen molar-refractivity contribution in [1.82, 2.24) is 19.0 Å². The first-order chi connectivity index (χ1) is 14.7. The van der Waals surface area contributed by atoms with Gasteiger partial charge in [0.05, 0.1) is 21.6 Å². The second-order valence-electron chi connectivity index (χ2n) is 6.84. The van der Waals surface area contributed by atoms with Crippen molar-refractivity contribution in [3.8, 4) is 10.6 Å². The molecule has 4 rings (SSSR count). The summed E-state index contributed by atoms with van der Waals surface area (Å²) < 4.78 is 42.2. The van der Waals surface area contributed by atoms with Crippen LogP contribution in [0, 0.1) is 5.82 Å². The second kappa shape index (κ2) is 8.60. The van der Waals surface area contributed by atoms with Gasteiger partial charge in [0.25, 0.3) is 10.2 Å². The van der Waals surface area contributed by atoms with Gasteiger partial charge in [-0.05, 0) is 36.8 Å². The minimum absolute atomic E-state index is 0.146. The number of hydrogen-bond donors (Lipinski definition) is 2. The number of pyridine rings is 1. The minimum Gasteiger partial charge on any atom is -0.325 e. The molecule has 0 saturated carbocycles. The SMILES string of the molecule is CN1[C@@H](C(=O)Nc2ccc(F)c(Cl)c2)C[C@@H](c2ncc(-c3ccccn3)s2)NS1(=O)=O. The lowest BCUT2D eigenvalue weighted by Gasteiger charge is -2.35. The zero-order valence-corrected chi connectivity index (χ0v) is 18.5. The molecule has 0 radical (unpaired) electrons. The average Bonchev–Trinajstić information content (AvgIpc) is 3.23. The molecular formula is C19H17ClFN5O3S2. The van der Waals surface area contributed by atoms with Gasteiger partial charge >= 0.3 is 0 Å². The van der Waals surface area contributed by atoms with Crippen LogP contribution in [0.2, 0.25) is 5.02 Å². The number of carbonyl (C=O) groups excluding carboxylic acids is 1. The molecule has 1 saturated heterocycles. The van der Waals surface area contributed by atoms with Gasteiger partial charge in [-0.2, -0.15) is 17.4 Å². The number of benzene rings is 1. The summed E-state index contributed by atoms with van der Waals surface area (Å²) >= 11 is 7.06. The molecular weight excluding hydrogens is 465 g/mol. The lowest BCUT2D eigenvalue weighted by molar-refractivity contribution is -0.120. The highest BCUT2D eigenvalue weighted by Crippen LogP contribution is 2.34. The topological polar surface area (TPSA) is 104 Å². The molecule has 2 aromatic heterocycles. The highest BCUT2D eigenvalue weighted by molar-refractivity contribution is 7.87. The number of hydrogen-bond acceptors (Lipinski definition) is 6. The predicted molar refractivity (Wildman–Crippen MR) is 116 cm³/mol. The third-order valence-corrected chi connectivity index (χ3v) is 7.82. The fraction of sp³-hybridized carbons (Fsp3) is 0.211. The molecule has 162 valence electrons. The first-order valence-electron chi connectivity index (χ1n) is 9.13. The maximum atomic E-state index is 13.4. The molecule has 0 bridgehead atoms. The lowest BCUT2D eigenvalue weighted by Crippen LogP contribution is -2.55. The Balaban J connectivity index is 1.57. The number of amides is 1. The van der Waals surface area contributed by atoms with E-state index in [-0.39, 0.29) is 17.1 Å². The van der Waals surface area contributed by atoms with Gasteiger partial charge in [-0.15, -0.1) is 11.3 Å². The number of thiazole rings is 1. The lowest BCUT2D eigenvalue weighted by atomic mass is 10.1. The van der Waals surface area contributed by atoms with E-state index >= 15 is 0 Å². The number of rotatable bonds is 4. The summed E-state index contributed by atoms with van der Waals surface area (Å²) in [5.41, 5.74) is 0.994. The van der Waals surface area contributed by atoms with Crippen molar-refractivity contribution in [2.45, 2.75) is 18.5 Å². The highest BCUT2D eigenvalue weighted by Gasteiger charge is 2.41. The third kappa shape index (κ3) is 4.60. The summed E-state index contributed by atoms with van der Waals surface area (Å²) in [4.78, 5) is 22.3. The van der Waals surface area contributed by atoms with E-state index in [1.807, 2.05) is 12.1 Å². The van der Waals surface area contributed by atoms with Crippen LogP contribution in [0.5, 0.6) is 0 Å². The van der Waals surface area contributed by atoms with E-state index in [1.165, 1.54) is 30.5 Å². The summed E-state index contributed by atoms with van der Waals surface area (Å²) in [6, 6.07) is 7.54. The molecule has 0 aliphatic carbocycles. The van der Waals surface area contributed by atoms with Gasteiger partial charge in [0.15, 0.2) is 0 Å². The van der Waals surface area contributed by atoms with Crippen molar-refractivity contribution in [2.75, 3.05) is 12.4 Å². The molecule has 1 aromatic carbocycles. The quantitative estimate of drug-likeness (QED) is 0.595. The Morgan fingerprint density at radius 1 is 1.32 bits per heavy atom. The van der Waals surface area contributed by atoms with Crippen molar-refractivity contribution in [2.24, 2.45) is 0 Å². The molecule has 1 fully saturated rings. The molecule has 1 aliphatic rings. The number of halogens is 2. The van der Waals surface area contributed by atoms with E-state index in [9.17, 15) is 17.6 Å².